The second-order valence-electron chi connectivity index (χ2n) is 3.60. The highest BCUT2D eigenvalue weighted by Crippen LogP contribution is 2.18. The molecule has 6 heteroatoms. The molecule has 0 bridgehead atoms. The van der Waals surface area contributed by atoms with E-state index in [4.69, 9.17) is 0 Å². The molecule has 1 aromatic carbocycles. The van der Waals surface area contributed by atoms with Crippen LogP contribution in [0.2, 0.25) is 0 Å². The molecular formula is C11H10FN3OS. The summed E-state index contributed by atoms with van der Waals surface area (Å²) >= 11 is 1.02. The molecule has 0 aliphatic carbocycles. The fourth-order valence-corrected chi connectivity index (χ4v) is 1.90. The van der Waals surface area contributed by atoms with Crippen LogP contribution in [-0.2, 0) is 0 Å². The van der Waals surface area contributed by atoms with Crippen LogP contribution in [0.5, 0.6) is 0 Å². The Labute approximate surface area is 102 Å². The molecule has 0 saturated carbocycles. The van der Waals surface area contributed by atoms with Gasteiger partial charge in [-0.1, -0.05) is 10.6 Å². The second kappa shape index (κ2) is 4.58. The minimum atomic E-state index is -0.384. The van der Waals surface area contributed by atoms with Gasteiger partial charge in [-0.3, -0.25) is 4.79 Å². The summed E-state index contributed by atoms with van der Waals surface area (Å²) < 4.78 is 16.7. The zero-order valence-electron chi connectivity index (χ0n) is 9.32. The number of carbonyl (C=O) groups excluding carboxylic acids is 1. The molecule has 0 spiro atoms. The van der Waals surface area contributed by atoms with Crippen LogP contribution in [-0.4, -0.2) is 15.5 Å². The van der Waals surface area contributed by atoms with Crippen molar-refractivity contribution in [1.82, 2.24) is 9.59 Å². The summed E-state index contributed by atoms with van der Waals surface area (Å²) in [7, 11) is 0. The molecule has 1 heterocycles. The van der Waals surface area contributed by atoms with E-state index in [0.29, 0.717) is 16.3 Å². The van der Waals surface area contributed by atoms with Crippen molar-refractivity contribution >= 4 is 23.1 Å². The Hall–Kier alpha value is -1.82. The van der Waals surface area contributed by atoms with Gasteiger partial charge in [-0.15, -0.1) is 5.10 Å². The number of hydrogen-bond acceptors (Lipinski definition) is 4. The van der Waals surface area contributed by atoms with Gasteiger partial charge in [0.25, 0.3) is 5.91 Å². The van der Waals surface area contributed by atoms with Crippen LogP contribution in [0.3, 0.4) is 0 Å². The SMILES string of the molecule is Cc1ccc(F)cc1NC(=O)c1snnc1C. The van der Waals surface area contributed by atoms with Crippen LogP contribution >= 0.6 is 11.5 Å². The summed E-state index contributed by atoms with van der Waals surface area (Å²) in [6, 6.07) is 4.25. The van der Waals surface area contributed by atoms with Crippen LogP contribution in [0.1, 0.15) is 20.9 Å². The number of halogens is 1. The fourth-order valence-electron chi connectivity index (χ4n) is 1.35. The normalized spacial score (nSPS) is 10.3. The van der Waals surface area contributed by atoms with Crippen LogP contribution in [0, 0.1) is 19.7 Å². The number of carbonyl (C=O) groups is 1. The lowest BCUT2D eigenvalue weighted by molar-refractivity contribution is 0.102. The predicted molar refractivity (Wildman–Crippen MR) is 63.7 cm³/mol. The molecular weight excluding hydrogens is 241 g/mol. The highest BCUT2D eigenvalue weighted by molar-refractivity contribution is 7.08. The summed E-state index contributed by atoms with van der Waals surface area (Å²) in [4.78, 5) is 12.3. The van der Waals surface area contributed by atoms with Crippen molar-refractivity contribution in [2.24, 2.45) is 0 Å². The Kier molecular flexibility index (Phi) is 3.14. The van der Waals surface area contributed by atoms with Gasteiger partial charge in [0, 0.05) is 5.69 Å². The molecule has 4 nitrogen and oxygen atoms in total. The zero-order valence-corrected chi connectivity index (χ0v) is 10.1. The molecule has 88 valence electrons. The first-order valence-electron chi connectivity index (χ1n) is 4.94. The lowest BCUT2D eigenvalue weighted by Gasteiger charge is -2.07. The summed E-state index contributed by atoms with van der Waals surface area (Å²) in [5.41, 5.74) is 1.83. The van der Waals surface area contributed by atoms with Gasteiger partial charge in [0.1, 0.15) is 10.7 Å². The first-order valence-corrected chi connectivity index (χ1v) is 5.71. The van der Waals surface area contributed by atoms with Gasteiger partial charge in [0.2, 0.25) is 0 Å². The van der Waals surface area contributed by atoms with E-state index in [1.54, 1.807) is 19.9 Å². The lowest BCUT2D eigenvalue weighted by atomic mass is 10.2. The lowest BCUT2D eigenvalue weighted by Crippen LogP contribution is -2.12. The largest absolute Gasteiger partial charge is 0.321 e. The van der Waals surface area contributed by atoms with E-state index < -0.39 is 0 Å². The number of nitrogens with zero attached hydrogens (tertiary/aromatic N) is 2. The maximum atomic E-state index is 13.0. The van der Waals surface area contributed by atoms with Crippen LogP contribution in [0.25, 0.3) is 0 Å². The van der Waals surface area contributed by atoms with Crippen LogP contribution < -0.4 is 5.32 Å². The molecule has 0 atom stereocenters. The van der Waals surface area contributed by atoms with Crippen LogP contribution in [0.4, 0.5) is 10.1 Å². The van der Waals surface area contributed by atoms with Gasteiger partial charge >= 0.3 is 0 Å². The Morgan fingerprint density at radius 1 is 1.41 bits per heavy atom. The van der Waals surface area contributed by atoms with Gasteiger partial charge in [-0.25, -0.2) is 4.39 Å². The zero-order chi connectivity index (χ0) is 12.4. The predicted octanol–water partition coefficient (Wildman–Crippen LogP) is 2.55. The van der Waals surface area contributed by atoms with E-state index >= 15 is 0 Å². The topological polar surface area (TPSA) is 54.9 Å². The molecule has 1 amide bonds. The third-order valence-corrected chi connectivity index (χ3v) is 3.13. The Morgan fingerprint density at radius 2 is 2.18 bits per heavy atom. The van der Waals surface area contributed by atoms with E-state index in [1.807, 2.05) is 0 Å². The van der Waals surface area contributed by atoms with E-state index in [1.165, 1.54) is 12.1 Å². The first-order chi connectivity index (χ1) is 8.08. The summed E-state index contributed by atoms with van der Waals surface area (Å²) in [6.07, 6.45) is 0. The number of benzene rings is 1. The highest BCUT2D eigenvalue weighted by atomic mass is 32.1. The smallest absolute Gasteiger partial charge is 0.269 e. The van der Waals surface area contributed by atoms with Gasteiger partial charge in [-0.05, 0) is 43.1 Å². The molecule has 0 aliphatic heterocycles. The van der Waals surface area contributed by atoms with Crippen molar-refractivity contribution < 1.29 is 9.18 Å². The number of hydrogen-bond donors (Lipinski definition) is 1. The standard InChI is InChI=1S/C11H10FN3OS/c1-6-3-4-8(12)5-9(6)13-11(16)10-7(2)14-15-17-10/h3-5H,1-2H3,(H,13,16). The molecule has 0 saturated heterocycles. The van der Waals surface area contributed by atoms with E-state index in [9.17, 15) is 9.18 Å². The Balaban J connectivity index is 2.24. The summed E-state index contributed by atoms with van der Waals surface area (Å²) in [6.45, 7) is 3.50. The second-order valence-corrected chi connectivity index (χ2v) is 4.35. The number of aromatic nitrogens is 2. The number of rotatable bonds is 2. The number of amides is 1. The molecule has 1 N–H and O–H groups in total. The minimum Gasteiger partial charge on any atom is -0.321 e. The third-order valence-electron chi connectivity index (χ3n) is 2.31. The van der Waals surface area contributed by atoms with E-state index in [-0.39, 0.29) is 11.7 Å². The van der Waals surface area contributed by atoms with Crippen molar-refractivity contribution in [3.8, 4) is 0 Å². The van der Waals surface area contributed by atoms with Gasteiger partial charge < -0.3 is 5.32 Å². The average molecular weight is 251 g/mol. The fraction of sp³-hybridized carbons (Fsp3) is 0.182. The summed E-state index contributed by atoms with van der Waals surface area (Å²) in [5.74, 6) is -0.698. The minimum absolute atomic E-state index is 0.314. The molecule has 17 heavy (non-hydrogen) atoms. The third kappa shape index (κ3) is 2.47. The molecule has 0 fully saturated rings. The number of aryl methyl sites for hydroxylation is 2. The van der Waals surface area contributed by atoms with Crippen molar-refractivity contribution in [1.29, 1.82) is 0 Å². The van der Waals surface area contributed by atoms with Gasteiger partial charge in [0.05, 0.1) is 5.69 Å². The maximum absolute atomic E-state index is 13.0. The molecule has 1 aromatic heterocycles. The van der Waals surface area contributed by atoms with Crippen molar-refractivity contribution in [3.63, 3.8) is 0 Å². The maximum Gasteiger partial charge on any atom is 0.269 e. The van der Waals surface area contributed by atoms with Gasteiger partial charge in [0.15, 0.2) is 0 Å². The van der Waals surface area contributed by atoms with Crippen molar-refractivity contribution in [3.05, 3.63) is 40.2 Å². The monoisotopic (exact) mass is 251 g/mol. The van der Waals surface area contributed by atoms with Crippen LogP contribution in [0.15, 0.2) is 18.2 Å². The first kappa shape index (κ1) is 11.7. The quantitative estimate of drug-likeness (QED) is 0.892. The van der Waals surface area contributed by atoms with Crippen molar-refractivity contribution in [2.45, 2.75) is 13.8 Å². The molecule has 2 aromatic rings. The highest BCUT2D eigenvalue weighted by Gasteiger charge is 2.14. The average Bonchev–Trinajstić information content (AvgIpc) is 2.70. The summed E-state index contributed by atoms with van der Waals surface area (Å²) in [5, 5.41) is 6.40. The molecule has 0 radical (unpaired) electrons. The van der Waals surface area contributed by atoms with E-state index in [0.717, 1.165) is 17.1 Å². The molecule has 2 rings (SSSR count). The molecule has 0 unspecified atom stereocenters. The Morgan fingerprint density at radius 3 is 2.82 bits per heavy atom. The molecule has 0 aliphatic rings. The Bertz CT molecular complexity index is 568. The van der Waals surface area contributed by atoms with Crippen molar-refractivity contribution in [2.75, 3.05) is 5.32 Å². The number of anilines is 1. The number of nitrogens with one attached hydrogen (secondary N) is 1. The van der Waals surface area contributed by atoms with E-state index in [2.05, 4.69) is 14.9 Å². The van der Waals surface area contributed by atoms with Gasteiger partial charge in [-0.2, -0.15) is 0 Å².